The average Bonchev–Trinajstić information content (AvgIpc) is 3.00. The monoisotopic (exact) mass is 613 g/mol. The second-order valence-corrected chi connectivity index (χ2v) is 12.1. The highest BCUT2D eigenvalue weighted by atomic mass is 16.5. The van der Waals surface area contributed by atoms with Crippen molar-refractivity contribution in [3.63, 3.8) is 0 Å². The number of hydrogen-bond acceptors (Lipinski definition) is 3. The number of carbonyl (C=O) groups is 2. The maximum Gasteiger partial charge on any atom is 0.306 e. The number of rotatable bonds is 32. The predicted molar refractivity (Wildman–Crippen MR) is 190 cm³/mol. The van der Waals surface area contributed by atoms with E-state index < -0.39 is 5.97 Å². The van der Waals surface area contributed by atoms with Gasteiger partial charge in [-0.2, -0.15) is 0 Å². The number of allylic oxidation sites excluding steroid dienone is 10. The molecule has 4 nitrogen and oxygen atoms in total. The van der Waals surface area contributed by atoms with Crippen LogP contribution in [0.4, 0.5) is 0 Å². The quantitative estimate of drug-likeness (QED) is 0.0466. The van der Waals surface area contributed by atoms with Crippen molar-refractivity contribution in [2.45, 2.75) is 180 Å². The minimum absolute atomic E-state index is 0.0346. The number of carbonyl (C=O) groups excluding carboxylic acids is 1. The fourth-order valence-electron chi connectivity index (χ4n) is 5.07. The Balaban J connectivity index is 3.45. The molecular formula is C40H68O4. The first-order chi connectivity index (χ1) is 21.6. The summed E-state index contributed by atoms with van der Waals surface area (Å²) in [5.41, 5.74) is 0. The van der Waals surface area contributed by atoms with E-state index in [1.807, 2.05) is 6.92 Å². The van der Waals surface area contributed by atoms with Crippen LogP contribution in [0.2, 0.25) is 0 Å². The van der Waals surface area contributed by atoms with Crippen LogP contribution in [0.1, 0.15) is 174 Å². The number of hydrogen-bond donors (Lipinski definition) is 1. The number of carboxylic acid groups (broad SMARTS) is 1. The minimum Gasteiger partial charge on any atom is -0.481 e. The van der Waals surface area contributed by atoms with Gasteiger partial charge in [0.2, 0.25) is 0 Å². The van der Waals surface area contributed by atoms with Gasteiger partial charge < -0.3 is 9.84 Å². The molecule has 1 N–H and O–H groups in total. The van der Waals surface area contributed by atoms with Crippen LogP contribution in [0.15, 0.2) is 60.8 Å². The molecule has 0 saturated heterocycles. The minimum atomic E-state index is -0.673. The van der Waals surface area contributed by atoms with Crippen molar-refractivity contribution >= 4 is 11.9 Å². The maximum absolute atomic E-state index is 12.1. The van der Waals surface area contributed by atoms with Crippen LogP contribution in [0, 0.1) is 0 Å². The number of carboxylic acids is 1. The number of ether oxygens (including phenoxy) is 1. The molecule has 0 spiro atoms. The highest BCUT2D eigenvalue weighted by Crippen LogP contribution is 2.15. The van der Waals surface area contributed by atoms with Crippen molar-refractivity contribution in [1.29, 1.82) is 0 Å². The van der Waals surface area contributed by atoms with Gasteiger partial charge in [-0.15, -0.1) is 0 Å². The number of esters is 1. The topological polar surface area (TPSA) is 63.6 Å². The Morgan fingerprint density at radius 1 is 0.523 bits per heavy atom. The predicted octanol–water partition coefficient (Wildman–Crippen LogP) is 12.6. The standard InChI is InChI=1S/C40H68O4/c1-3-4-5-6-7-8-9-10-11-12-13-14-15-19-22-25-28-31-34-37-40(43)44-38(2)35-32-29-26-23-20-17-16-18-21-24-27-30-33-36-39(41)42/h4-5,7-8,10-11,13-14,19,22,38H,3,6,9,12,15-18,20-21,23-37H2,1-2H3,(H,41,42)/b5-4-,8-7-,11-10-,14-13-,22-19-. The zero-order chi connectivity index (χ0) is 32.2. The molecule has 4 heteroatoms. The van der Waals surface area contributed by atoms with Crippen molar-refractivity contribution in [2.24, 2.45) is 0 Å². The fraction of sp³-hybridized carbons (Fsp3) is 0.700. The average molecular weight is 613 g/mol. The maximum atomic E-state index is 12.1. The molecule has 0 amide bonds. The van der Waals surface area contributed by atoms with Crippen LogP contribution in [-0.2, 0) is 14.3 Å². The third-order valence-electron chi connectivity index (χ3n) is 7.74. The van der Waals surface area contributed by atoms with E-state index in [2.05, 4.69) is 67.7 Å². The first-order valence-electron chi connectivity index (χ1n) is 18.2. The van der Waals surface area contributed by atoms with E-state index in [1.165, 1.54) is 64.2 Å². The third-order valence-corrected chi connectivity index (χ3v) is 7.74. The van der Waals surface area contributed by atoms with Gasteiger partial charge in [-0.1, -0.05) is 145 Å². The van der Waals surface area contributed by atoms with Gasteiger partial charge in [0.05, 0.1) is 6.10 Å². The van der Waals surface area contributed by atoms with E-state index in [1.54, 1.807) is 0 Å². The summed E-state index contributed by atoms with van der Waals surface area (Å²) < 4.78 is 5.61. The second-order valence-electron chi connectivity index (χ2n) is 12.1. The van der Waals surface area contributed by atoms with E-state index in [0.717, 1.165) is 83.5 Å². The van der Waals surface area contributed by atoms with Gasteiger partial charge in [-0.25, -0.2) is 0 Å². The van der Waals surface area contributed by atoms with E-state index in [4.69, 9.17) is 9.84 Å². The van der Waals surface area contributed by atoms with Crippen molar-refractivity contribution in [3.05, 3.63) is 60.8 Å². The summed E-state index contributed by atoms with van der Waals surface area (Å²) in [4.78, 5) is 22.6. The fourth-order valence-corrected chi connectivity index (χ4v) is 5.07. The van der Waals surface area contributed by atoms with E-state index >= 15 is 0 Å². The molecule has 0 aliphatic heterocycles. The van der Waals surface area contributed by atoms with E-state index in [-0.39, 0.29) is 12.1 Å². The molecule has 0 aromatic carbocycles. The highest BCUT2D eigenvalue weighted by molar-refractivity contribution is 5.69. The smallest absolute Gasteiger partial charge is 0.306 e. The van der Waals surface area contributed by atoms with E-state index in [0.29, 0.717) is 12.8 Å². The Bertz CT molecular complexity index is 789. The van der Waals surface area contributed by atoms with Gasteiger partial charge in [0.25, 0.3) is 0 Å². The molecule has 0 aromatic rings. The Kier molecular flexibility index (Phi) is 33.2. The summed E-state index contributed by atoms with van der Waals surface area (Å²) in [6, 6.07) is 0. The molecule has 0 bridgehead atoms. The van der Waals surface area contributed by atoms with Gasteiger partial charge in [-0.05, 0) is 77.6 Å². The first-order valence-corrected chi connectivity index (χ1v) is 18.2. The summed E-state index contributed by atoms with van der Waals surface area (Å²) in [7, 11) is 0. The SMILES string of the molecule is CC/C=C\C/C=C\C/C=C\C/C=C\C/C=C\CCCCCC(=O)OC(C)CCCCCCCCCCCCCCCC(=O)O. The van der Waals surface area contributed by atoms with Crippen molar-refractivity contribution in [3.8, 4) is 0 Å². The Hall–Kier alpha value is -2.36. The lowest BCUT2D eigenvalue weighted by Crippen LogP contribution is -2.14. The van der Waals surface area contributed by atoms with Crippen molar-refractivity contribution < 1.29 is 19.4 Å². The van der Waals surface area contributed by atoms with Gasteiger partial charge in [0, 0.05) is 12.8 Å². The summed E-state index contributed by atoms with van der Waals surface area (Å²) in [6.07, 6.45) is 49.3. The second kappa shape index (κ2) is 35.1. The molecule has 44 heavy (non-hydrogen) atoms. The van der Waals surface area contributed by atoms with Crippen molar-refractivity contribution in [2.75, 3.05) is 0 Å². The summed E-state index contributed by atoms with van der Waals surface area (Å²) >= 11 is 0. The summed E-state index contributed by atoms with van der Waals surface area (Å²) in [5.74, 6) is -0.707. The number of unbranched alkanes of at least 4 members (excludes halogenated alkanes) is 15. The molecule has 0 fully saturated rings. The first kappa shape index (κ1) is 41.6. The molecule has 0 rings (SSSR count). The van der Waals surface area contributed by atoms with Crippen LogP contribution >= 0.6 is 0 Å². The van der Waals surface area contributed by atoms with E-state index in [9.17, 15) is 9.59 Å². The van der Waals surface area contributed by atoms with Crippen LogP contribution in [0.5, 0.6) is 0 Å². The normalized spacial score (nSPS) is 13.0. The third kappa shape index (κ3) is 35.8. The summed E-state index contributed by atoms with van der Waals surface area (Å²) in [6.45, 7) is 4.19. The Labute approximate surface area is 272 Å². The molecule has 1 unspecified atom stereocenters. The lowest BCUT2D eigenvalue weighted by atomic mass is 10.0. The Morgan fingerprint density at radius 2 is 0.909 bits per heavy atom. The lowest BCUT2D eigenvalue weighted by molar-refractivity contribution is -0.148. The largest absolute Gasteiger partial charge is 0.481 e. The molecule has 0 radical (unpaired) electrons. The molecule has 252 valence electrons. The van der Waals surface area contributed by atoms with Gasteiger partial charge in [0.15, 0.2) is 0 Å². The van der Waals surface area contributed by atoms with Crippen LogP contribution in [-0.4, -0.2) is 23.1 Å². The molecule has 0 saturated carbocycles. The molecule has 0 heterocycles. The molecule has 0 aliphatic carbocycles. The van der Waals surface area contributed by atoms with Gasteiger partial charge in [0.1, 0.15) is 0 Å². The van der Waals surface area contributed by atoms with Crippen LogP contribution < -0.4 is 0 Å². The summed E-state index contributed by atoms with van der Waals surface area (Å²) in [5, 5.41) is 8.64. The van der Waals surface area contributed by atoms with Crippen LogP contribution in [0.25, 0.3) is 0 Å². The zero-order valence-corrected chi connectivity index (χ0v) is 28.7. The van der Waals surface area contributed by atoms with Crippen LogP contribution in [0.3, 0.4) is 0 Å². The van der Waals surface area contributed by atoms with Crippen molar-refractivity contribution in [1.82, 2.24) is 0 Å². The lowest BCUT2D eigenvalue weighted by Gasteiger charge is -2.13. The molecule has 0 aromatic heterocycles. The highest BCUT2D eigenvalue weighted by Gasteiger charge is 2.09. The molecule has 0 aliphatic rings. The van der Waals surface area contributed by atoms with Gasteiger partial charge >= 0.3 is 11.9 Å². The Morgan fingerprint density at radius 3 is 1.39 bits per heavy atom. The van der Waals surface area contributed by atoms with Gasteiger partial charge in [-0.3, -0.25) is 9.59 Å². The number of aliphatic carboxylic acids is 1. The zero-order valence-electron chi connectivity index (χ0n) is 28.7. The molecular weight excluding hydrogens is 544 g/mol. The molecule has 1 atom stereocenters.